The highest BCUT2D eigenvalue weighted by Gasteiger charge is 2.12. The van der Waals surface area contributed by atoms with Gasteiger partial charge in [0.2, 0.25) is 5.91 Å². The lowest BCUT2D eigenvalue weighted by atomic mass is 10.0. The van der Waals surface area contributed by atoms with Gasteiger partial charge < -0.3 is 15.4 Å². The fraction of sp³-hybridized carbons (Fsp3) is 0.533. The minimum absolute atomic E-state index is 0.0387. The first-order valence-corrected chi connectivity index (χ1v) is 6.89. The summed E-state index contributed by atoms with van der Waals surface area (Å²) in [7, 11) is 0. The van der Waals surface area contributed by atoms with E-state index in [1.807, 2.05) is 24.3 Å². The molecule has 1 heterocycles. The molecular weight excluding hydrogens is 240 g/mol. The first-order chi connectivity index (χ1) is 9.24. The van der Waals surface area contributed by atoms with Crippen molar-refractivity contribution in [2.75, 3.05) is 25.1 Å². The number of nitrogens with one attached hydrogen (secondary N) is 2. The Labute approximate surface area is 114 Å². The van der Waals surface area contributed by atoms with E-state index in [0.29, 0.717) is 5.92 Å². The number of rotatable bonds is 5. The van der Waals surface area contributed by atoms with Crippen LogP contribution in [0.4, 0.5) is 5.69 Å². The molecule has 2 rings (SSSR count). The van der Waals surface area contributed by atoms with Gasteiger partial charge in [-0.1, -0.05) is 12.1 Å². The van der Waals surface area contributed by atoms with E-state index in [1.165, 1.54) is 25.3 Å². The Morgan fingerprint density at radius 1 is 1.37 bits per heavy atom. The molecule has 1 amide bonds. The largest absolute Gasteiger partial charge is 0.381 e. The van der Waals surface area contributed by atoms with Crippen molar-refractivity contribution in [3.63, 3.8) is 0 Å². The second-order valence-electron chi connectivity index (χ2n) is 5.09. The molecule has 104 valence electrons. The number of hydrogen-bond donors (Lipinski definition) is 2. The normalized spacial score (nSPS) is 19.1. The summed E-state index contributed by atoms with van der Waals surface area (Å²) in [5, 5.41) is 6.23. The molecule has 0 aromatic heterocycles. The molecule has 4 nitrogen and oxygen atoms in total. The number of amides is 1. The van der Waals surface area contributed by atoms with Crippen LogP contribution in [0, 0.1) is 5.92 Å². The van der Waals surface area contributed by atoms with Gasteiger partial charge in [-0.2, -0.15) is 0 Å². The summed E-state index contributed by atoms with van der Waals surface area (Å²) in [6.45, 7) is 5.18. The quantitative estimate of drug-likeness (QED) is 0.855. The zero-order chi connectivity index (χ0) is 13.5. The molecule has 0 saturated carbocycles. The number of carbonyl (C=O) groups is 1. The number of anilines is 1. The van der Waals surface area contributed by atoms with Gasteiger partial charge in [0.1, 0.15) is 0 Å². The fourth-order valence-corrected chi connectivity index (χ4v) is 2.30. The molecule has 1 saturated heterocycles. The standard InChI is InChI=1S/C15H22N2O2/c1-12(18)17-15-6-4-13(5-7-15)9-16-10-14-3-2-8-19-11-14/h4-7,14,16H,2-3,8-11H2,1H3,(H,17,18)/t14-/m0/s1. The van der Waals surface area contributed by atoms with E-state index in [-0.39, 0.29) is 5.91 Å². The number of benzene rings is 1. The number of carbonyl (C=O) groups excluding carboxylic acids is 1. The lowest BCUT2D eigenvalue weighted by Gasteiger charge is -2.22. The predicted octanol–water partition coefficient (Wildman–Crippen LogP) is 2.16. The molecule has 2 N–H and O–H groups in total. The number of ether oxygens (including phenoxy) is 1. The Balaban J connectivity index is 1.71. The molecule has 0 unspecified atom stereocenters. The van der Waals surface area contributed by atoms with Crippen molar-refractivity contribution >= 4 is 11.6 Å². The molecule has 1 aromatic carbocycles. The van der Waals surface area contributed by atoms with Crippen LogP contribution in [-0.2, 0) is 16.1 Å². The third-order valence-corrected chi connectivity index (χ3v) is 3.29. The minimum Gasteiger partial charge on any atom is -0.381 e. The monoisotopic (exact) mass is 262 g/mol. The third kappa shape index (κ3) is 5.01. The van der Waals surface area contributed by atoms with Gasteiger partial charge in [0.25, 0.3) is 0 Å². The van der Waals surface area contributed by atoms with E-state index in [4.69, 9.17) is 4.74 Å². The van der Waals surface area contributed by atoms with Crippen LogP contribution in [-0.4, -0.2) is 25.7 Å². The van der Waals surface area contributed by atoms with Gasteiger partial charge >= 0.3 is 0 Å². The van der Waals surface area contributed by atoms with Gasteiger partial charge in [-0.05, 0) is 36.5 Å². The van der Waals surface area contributed by atoms with Crippen LogP contribution in [0.1, 0.15) is 25.3 Å². The molecule has 0 radical (unpaired) electrons. The van der Waals surface area contributed by atoms with E-state index >= 15 is 0 Å². The highest BCUT2D eigenvalue weighted by molar-refractivity contribution is 5.88. The van der Waals surface area contributed by atoms with Gasteiger partial charge in [0.05, 0.1) is 6.61 Å². The number of hydrogen-bond acceptors (Lipinski definition) is 3. The zero-order valence-electron chi connectivity index (χ0n) is 11.4. The summed E-state index contributed by atoms with van der Waals surface area (Å²) >= 11 is 0. The Bertz CT molecular complexity index is 397. The summed E-state index contributed by atoms with van der Waals surface area (Å²) in [5.41, 5.74) is 2.07. The van der Waals surface area contributed by atoms with Crippen LogP contribution in [0.3, 0.4) is 0 Å². The molecule has 1 aromatic rings. The first kappa shape index (κ1) is 14.0. The van der Waals surface area contributed by atoms with Crippen LogP contribution in [0.2, 0.25) is 0 Å². The second kappa shape index (κ2) is 7.26. The molecule has 19 heavy (non-hydrogen) atoms. The summed E-state index contributed by atoms with van der Waals surface area (Å²) in [6.07, 6.45) is 2.44. The van der Waals surface area contributed by atoms with Gasteiger partial charge in [0, 0.05) is 32.3 Å². The first-order valence-electron chi connectivity index (χ1n) is 6.89. The van der Waals surface area contributed by atoms with Gasteiger partial charge in [0.15, 0.2) is 0 Å². The molecule has 0 aliphatic carbocycles. The van der Waals surface area contributed by atoms with Crippen molar-refractivity contribution < 1.29 is 9.53 Å². The Kier molecular flexibility index (Phi) is 5.36. The predicted molar refractivity (Wildman–Crippen MR) is 76.0 cm³/mol. The maximum Gasteiger partial charge on any atom is 0.221 e. The summed E-state index contributed by atoms with van der Waals surface area (Å²) < 4.78 is 5.46. The average molecular weight is 262 g/mol. The molecule has 1 fully saturated rings. The van der Waals surface area contributed by atoms with Crippen LogP contribution in [0.5, 0.6) is 0 Å². The van der Waals surface area contributed by atoms with E-state index < -0.39 is 0 Å². The smallest absolute Gasteiger partial charge is 0.221 e. The van der Waals surface area contributed by atoms with E-state index in [9.17, 15) is 4.79 Å². The molecule has 0 spiro atoms. The zero-order valence-corrected chi connectivity index (χ0v) is 11.4. The Hall–Kier alpha value is -1.39. The van der Waals surface area contributed by atoms with Crippen molar-refractivity contribution in [1.29, 1.82) is 0 Å². The maximum atomic E-state index is 10.9. The molecular formula is C15H22N2O2. The third-order valence-electron chi connectivity index (χ3n) is 3.29. The summed E-state index contributed by atoms with van der Waals surface area (Å²) in [4.78, 5) is 10.9. The van der Waals surface area contributed by atoms with Crippen molar-refractivity contribution in [2.24, 2.45) is 5.92 Å². The molecule has 4 heteroatoms. The highest BCUT2D eigenvalue weighted by atomic mass is 16.5. The topological polar surface area (TPSA) is 50.4 Å². The summed E-state index contributed by atoms with van der Waals surface area (Å²) in [5.74, 6) is 0.607. The molecule has 0 bridgehead atoms. The molecule has 1 aliphatic rings. The highest BCUT2D eigenvalue weighted by Crippen LogP contribution is 2.13. The van der Waals surface area contributed by atoms with Crippen LogP contribution in [0.25, 0.3) is 0 Å². The fourth-order valence-electron chi connectivity index (χ4n) is 2.30. The van der Waals surface area contributed by atoms with Gasteiger partial charge in [-0.15, -0.1) is 0 Å². The molecule has 1 aliphatic heterocycles. The van der Waals surface area contributed by atoms with E-state index in [1.54, 1.807) is 0 Å². The van der Waals surface area contributed by atoms with Crippen molar-refractivity contribution in [3.8, 4) is 0 Å². The summed E-state index contributed by atoms with van der Waals surface area (Å²) in [6, 6.07) is 7.94. The van der Waals surface area contributed by atoms with Crippen molar-refractivity contribution in [3.05, 3.63) is 29.8 Å². The lowest BCUT2D eigenvalue weighted by molar-refractivity contribution is -0.114. The van der Waals surface area contributed by atoms with E-state index in [0.717, 1.165) is 32.0 Å². The van der Waals surface area contributed by atoms with Crippen LogP contribution >= 0.6 is 0 Å². The minimum atomic E-state index is -0.0387. The van der Waals surface area contributed by atoms with Gasteiger partial charge in [-0.3, -0.25) is 4.79 Å². The second-order valence-corrected chi connectivity index (χ2v) is 5.09. The van der Waals surface area contributed by atoms with Crippen LogP contribution < -0.4 is 10.6 Å². The van der Waals surface area contributed by atoms with Gasteiger partial charge in [-0.25, -0.2) is 0 Å². The van der Waals surface area contributed by atoms with Crippen LogP contribution in [0.15, 0.2) is 24.3 Å². The van der Waals surface area contributed by atoms with E-state index in [2.05, 4.69) is 10.6 Å². The van der Waals surface area contributed by atoms with Crippen molar-refractivity contribution in [1.82, 2.24) is 5.32 Å². The average Bonchev–Trinajstić information content (AvgIpc) is 2.41. The Morgan fingerprint density at radius 3 is 2.79 bits per heavy atom. The Morgan fingerprint density at radius 2 is 2.16 bits per heavy atom. The SMILES string of the molecule is CC(=O)Nc1ccc(CNC[C@@H]2CCCOC2)cc1. The van der Waals surface area contributed by atoms with Crippen molar-refractivity contribution in [2.45, 2.75) is 26.3 Å². The maximum absolute atomic E-state index is 10.9. The lowest BCUT2D eigenvalue weighted by Crippen LogP contribution is -2.28. The molecule has 1 atom stereocenters.